The molecule has 6 N–H and O–H groups in total. The first-order chi connectivity index (χ1) is 8.93. The van der Waals surface area contributed by atoms with Gasteiger partial charge in [0.1, 0.15) is 18.3 Å². The first kappa shape index (κ1) is 19.7. The summed E-state index contributed by atoms with van der Waals surface area (Å²) in [6.45, 7) is -1.25. The minimum Gasteiger partial charge on any atom is -0.394 e. The molecule has 14 heteroatoms. The van der Waals surface area contributed by atoms with E-state index in [1.54, 1.807) is 0 Å². The van der Waals surface area contributed by atoms with Gasteiger partial charge in [0, 0.05) is 0 Å². The zero-order valence-electron chi connectivity index (χ0n) is 9.59. The van der Waals surface area contributed by atoms with Gasteiger partial charge in [-0.25, -0.2) is 13.5 Å². The van der Waals surface area contributed by atoms with Crippen LogP contribution >= 0.6 is 15.6 Å². The van der Waals surface area contributed by atoms with Crippen molar-refractivity contribution >= 4 is 21.9 Å². The van der Waals surface area contributed by atoms with Crippen molar-refractivity contribution in [3.63, 3.8) is 0 Å². The van der Waals surface area contributed by atoms with Crippen LogP contribution in [0.3, 0.4) is 0 Å². The molecule has 5 atom stereocenters. The number of halogens is 1. The lowest BCUT2D eigenvalue weighted by Crippen LogP contribution is -2.45. The van der Waals surface area contributed by atoms with Crippen LogP contribution < -0.4 is 0 Å². The molecule has 0 rings (SSSR count). The minimum atomic E-state index is -5.43. The number of carbonyl (C=O) groups excluding carboxylic acids is 1. The second-order valence-corrected chi connectivity index (χ2v) is 6.21. The van der Waals surface area contributed by atoms with Crippen molar-refractivity contribution in [2.24, 2.45) is 0 Å². The monoisotopic (exact) mass is 342 g/mol. The van der Waals surface area contributed by atoms with Gasteiger partial charge in [0.25, 0.3) is 0 Å². The lowest BCUT2D eigenvalue weighted by atomic mass is 10.1. The highest BCUT2D eigenvalue weighted by Gasteiger charge is 2.40. The Labute approximate surface area is 111 Å². The molecule has 0 aromatic carbocycles. The number of hydrogen-bond acceptors (Lipinski definition) is 8. The molecular formula is C6H13FO11P2. The van der Waals surface area contributed by atoms with Gasteiger partial charge >= 0.3 is 15.6 Å². The number of aliphatic hydroxyl groups is 3. The molecule has 0 fully saturated rings. The highest BCUT2D eigenvalue weighted by atomic mass is 31.3. The maximum Gasteiger partial charge on any atom is 0.481 e. The highest BCUT2D eigenvalue weighted by Crippen LogP contribution is 2.58. The third kappa shape index (κ3) is 6.95. The molecule has 20 heavy (non-hydrogen) atoms. The molecule has 0 radical (unpaired) electrons. The second kappa shape index (κ2) is 7.66. The van der Waals surface area contributed by atoms with Crippen molar-refractivity contribution in [3.8, 4) is 0 Å². The SMILES string of the molecule is O=C[C@H](F)[C@@H](O)[C@@H](O)[C@@H](CO)OP(=O)(O)OP(=O)(O)O. The summed E-state index contributed by atoms with van der Waals surface area (Å²) in [5.41, 5.74) is 0. The number of phosphoric ester groups is 1. The van der Waals surface area contributed by atoms with Crippen molar-refractivity contribution in [1.29, 1.82) is 0 Å². The Hall–Kier alpha value is -0.260. The van der Waals surface area contributed by atoms with Crippen molar-refractivity contribution in [1.82, 2.24) is 0 Å². The summed E-state index contributed by atoms with van der Waals surface area (Å²) in [6.07, 6.45) is -9.86. The van der Waals surface area contributed by atoms with Gasteiger partial charge in [0.05, 0.1) is 6.61 Å². The number of phosphoric acid groups is 2. The number of alkyl halides is 1. The maximum absolute atomic E-state index is 12.8. The lowest BCUT2D eigenvalue weighted by molar-refractivity contribution is -0.126. The molecule has 0 aliphatic carbocycles. The van der Waals surface area contributed by atoms with Gasteiger partial charge in [-0.2, -0.15) is 4.31 Å². The van der Waals surface area contributed by atoms with Gasteiger partial charge in [-0.15, -0.1) is 0 Å². The van der Waals surface area contributed by atoms with Crippen LogP contribution in [0.15, 0.2) is 0 Å². The summed E-state index contributed by atoms with van der Waals surface area (Å²) >= 11 is 0. The topological polar surface area (TPSA) is 191 Å². The van der Waals surface area contributed by atoms with Crippen LogP contribution in [0.1, 0.15) is 0 Å². The molecule has 0 aromatic heterocycles. The van der Waals surface area contributed by atoms with Crippen molar-refractivity contribution in [2.45, 2.75) is 24.5 Å². The quantitative estimate of drug-likeness (QED) is 0.197. The predicted octanol–water partition coefficient (Wildman–Crippen LogP) is -2.17. The van der Waals surface area contributed by atoms with Gasteiger partial charge in [0.15, 0.2) is 12.5 Å². The molecule has 120 valence electrons. The molecule has 0 heterocycles. The van der Waals surface area contributed by atoms with E-state index < -0.39 is 46.7 Å². The number of aldehydes is 1. The minimum absolute atomic E-state index is 0.382. The molecule has 0 bridgehead atoms. The lowest BCUT2D eigenvalue weighted by Gasteiger charge is -2.26. The van der Waals surface area contributed by atoms with E-state index in [0.717, 1.165) is 0 Å². The van der Waals surface area contributed by atoms with Gasteiger partial charge in [0.2, 0.25) is 0 Å². The van der Waals surface area contributed by atoms with E-state index in [2.05, 4.69) is 8.83 Å². The molecule has 0 aromatic rings. The van der Waals surface area contributed by atoms with Crippen LogP contribution in [0.25, 0.3) is 0 Å². The fraction of sp³-hybridized carbons (Fsp3) is 0.833. The third-order valence-corrected chi connectivity index (χ3v) is 4.06. The zero-order valence-corrected chi connectivity index (χ0v) is 11.4. The van der Waals surface area contributed by atoms with Gasteiger partial charge in [-0.05, 0) is 0 Å². The highest BCUT2D eigenvalue weighted by molar-refractivity contribution is 7.60. The van der Waals surface area contributed by atoms with Crippen LogP contribution in [-0.4, -0.2) is 67.4 Å². The Morgan fingerprint density at radius 3 is 2.00 bits per heavy atom. The number of aliphatic hydroxyl groups excluding tert-OH is 3. The summed E-state index contributed by atoms with van der Waals surface area (Å²) < 4.78 is 41.6. The van der Waals surface area contributed by atoms with E-state index in [1.807, 2.05) is 0 Å². The second-order valence-electron chi connectivity index (χ2n) is 3.43. The van der Waals surface area contributed by atoms with Gasteiger partial charge in [-0.3, -0.25) is 4.52 Å². The fourth-order valence-electron chi connectivity index (χ4n) is 1.02. The van der Waals surface area contributed by atoms with Crippen molar-refractivity contribution < 1.29 is 57.1 Å². The third-order valence-electron chi connectivity index (χ3n) is 1.85. The van der Waals surface area contributed by atoms with Crippen LogP contribution in [-0.2, 0) is 22.8 Å². The number of rotatable bonds is 9. The number of hydrogen-bond donors (Lipinski definition) is 6. The molecule has 1 unspecified atom stereocenters. The van der Waals surface area contributed by atoms with Gasteiger partial charge < -0.3 is 34.8 Å². The standard InChI is InChI=1S/C6H13FO11P2/c7-3(1-8)5(10)6(11)4(2-9)17-20(15,16)18-19(12,13)14/h1,3-6,9-11H,2H2,(H,15,16)(H2,12,13,14)/t3-,4+,5+,6-/m0/s1. The molecule has 0 spiro atoms. The van der Waals surface area contributed by atoms with E-state index in [-0.39, 0.29) is 6.29 Å². The molecule has 0 saturated carbocycles. The average molecular weight is 342 g/mol. The molecular weight excluding hydrogens is 329 g/mol. The fourth-order valence-corrected chi connectivity index (χ4v) is 2.78. The van der Waals surface area contributed by atoms with Crippen LogP contribution in [0.2, 0.25) is 0 Å². The van der Waals surface area contributed by atoms with Crippen LogP contribution in [0.5, 0.6) is 0 Å². The Morgan fingerprint density at radius 2 is 1.65 bits per heavy atom. The summed E-state index contributed by atoms with van der Waals surface area (Å²) in [5, 5.41) is 27.2. The van der Waals surface area contributed by atoms with E-state index in [1.165, 1.54) is 0 Å². The summed E-state index contributed by atoms with van der Waals surface area (Å²) in [6, 6.07) is 0. The Bertz CT molecular complexity index is 410. The summed E-state index contributed by atoms with van der Waals surface area (Å²) in [4.78, 5) is 35.6. The Balaban J connectivity index is 4.89. The average Bonchev–Trinajstić information content (AvgIpc) is 2.30. The Morgan fingerprint density at radius 1 is 1.15 bits per heavy atom. The summed E-state index contributed by atoms with van der Waals surface area (Å²) in [7, 11) is -10.9. The van der Waals surface area contributed by atoms with Crippen molar-refractivity contribution in [3.05, 3.63) is 0 Å². The molecule has 0 saturated heterocycles. The van der Waals surface area contributed by atoms with E-state index >= 15 is 0 Å². The molecule has 0 aliphatic rings. The number of carbonyl (C=O) groups is 1. The van der Waals surface area contributed by atoms with Crippen molar-refractivity contribution in [2.75, 3.05) is 6.61 Å². The van der Waals surface area contributed by atoms with E-state index in [9.17, 15) is 23.4 Å². The van der Waals surface area contributed by atoms with E-state index in [4.69, 9.17) is 24.9 Å². The largest absolute Gasteiger partial charge is 0.481 e. The zero-order chi connectivity index (χ0) is 16.1. The first-order valence-electron chi connectivity index (χ1n) is 4.78. The van der Waals surface area contributed by atoms with Gasteiger partial charge in [-0.1, -0.05) is 0 Å². The molecule has 11 nitrogen and oxygen atoms in total. The normalized spacial score (nSPS) is 21.6. The van der Waals surface area contributed by atoms with Crippen LogP contribution in [0.4, 0.5) is 4.39 Å². The predicted molar refractivity (Wildman–Crippen MR) is 57.9 cm³/mol. The van der Waals surface area contributed by atoms with Crippen LogP contribution in [0, 0.1) is 0 Å². The molecule has 0 aliphatic heterocycles. The maximum atomic E-state index is 12.8. The van der Waals surface area contributed by atoms with E-state index in [0.29, 0.717) is 0 Å². The first-order valence-corrected chi connectivity index (χ1v) is 7.80. The summed E-state index contributed by atoms with van der Waals surface area (Å²) in [5.74, 6) is 0. The molecule has 0 amide bonds. The Kier molecular flexibility index (Phi) is 7.56. The smallest absolute Gasteiger partial charge is 0.394 e.